The number of aliphatic hydroxyl groups is 1. The number of ether oxygens (including phenoxy) is 1. The van der Waals surface area contributed by atoms with Crippen LogP contribution < -0.4 is 4.90 Å². The number of pyridine rings is 1. The highest BCUT2D eigenvalue weighted by molar-refractivity contribution is 5.94. The van der Waals surface area contributed by atoms with Gasteiger partial charge in [-0.15, -0.1) is 0 Å². The van der Waals surface area contributed by atoms with Gasteiger partial charge in [0.2, 0.25) is 0 Å². The van der Waals surface area contributed by atoms with Crippen LogP contribution in [0, 0.1) is 6.92 Å². The first-order valence-electron chi connectivity index (χ1n) is 5.53. The minimum atomic E-state index is -1.04. The van der Waals surface area contributed by atoms with E-state index in [1.54, 1.807) is 24.9 Å². The van der Waals surface area contributed by atoms with E-state index in [0.717, 1.165) is 5.69 Å². The molecular formula is C12H18N2O4. The number of hydrogen-bond acceptors (Lipinski definition) is 5. The van der Waals surface area contributed by atoms with Gasteiger partial charge in [-0.2, -0.15) is 0 Å². The molecule has 0 saturated carbocycles. The average Bonchev–Trinajstić information content (AvgIpc) is 2.28. The highest BCUT2D eigenvalue weighted by atomic mass is 16.5. The Morgan fingerprint density at radius 1 is 1.61 bits per heavy atom. The van der Waals surface area contributed by atoms with Gasteiger partial charge in [0, 0.05) is 32.6 Å². The van der Waals surface area contributed by atoms with Gasteiger partial charge in [-0.1, -0.05) is 0 Å². The molecule has 0 aliphatic heterocycles. The van der Waals surface area contributed by atoms with Crippen molar-refractivity contribution in [1.82, 2.24) is 4.98 Å². The molecule has 6 nitrogen and oxygen atoms in total. The maximum atomic E-state index is 11.1. The normalized spacial score (nSPS) is 12.2. The van der Waals surface area contributed by atoms with Crippen molar-refractivity contribution in [3.63, 3.8) is 0 Å². The van der Waals surface area contributed by atoms with Gasteiger partial charge in [-0.05, 0) is 13.0 Å². The van der Waals surface area contributed by atoms with E-state index in [-0.39, 0.29) is 18.7 Å². The summed E-state index contributed by atoms with van der Waals surface area (Å²) < 4.78 is 4.84. The zero-order valence-corrected chi connectivity index (χ0v) is 10.8. The van der Waals surface area contributed by atoms with Crippen LogP contribution in [0.15, 0.2) is 12.3 Å². The minimum absolute atomic E-state index is 0.118. The maximum absolute atomic E-state index is 11.1. The van der Waals surface area contributed by atoms with Gasteiger partial charge in [0.05, 0.1) is 18.4 Å². The summed E-state index contributed by atoms with van der Waals surface area (Å²) >= 11 is 0. The lowest BCUT2D eigenvalue weighted by Crippen LogP contribution is -2.32. The predicted octanol–water partition coefficient (Wildman–Crippen LogP) is 0.532. The lowest BCUT2D eigenvalue weighted by molar-refractivity contribution is 0.0680. The van der Waals surface area contributed by atoms with Gasteiger partial charge in [0.15, 0.2) is 0 Å². The smallest absolute Gasteiger partial charge is 0.339 e. The maximum Gasteiger partial charge on any atom is 0.339 e. The number of aromatic nitrogens is 1. The van der Waals surface area contributed by atoms with Gasteiger partial charge in [-0.3, -0.25) is 4.98 Å². The van der Waals surface area contributed by atoms with Crippen LogP contribution in [0.5, 0.6) is 0 Å². The quantitative estimate of drug-likeness (QED) is 0.770. The first kappa shape index (κ1) is 14.4. The molecule has 1 unspecified atom stereocenters. The molecule has 0 fully saturated rings. The van der Waals surface area contributed by atoms with Crippen LogP contribution in [0.4, 0.5) is 5.69 Å². The van der Waals surface area contributed by atoms with Gasteiger partial charge in [0.1, 0.15) is 5.56 Å². The van der Waals surface area contributed by atoms with Crippen molar-refractivity contribution in [3.05, 3.63) is 23.5 Å². The van der Waals surface area contributed by atoms with Crippen LogP contribution in [-0.4, -0.2) is 54.6 Å². The molecule has 0 aliphatic rings. The largest absolute Gasteiger partial charge is 0.478 e. The zero-order chi connectivity index (χ0) is 13.7. The third kappa shape index (κ3) is 3.68. The second-order valence-corrected chi connectivity index (χ2v) is 4.14. The molecule has 1 aromatic heterocycles. The number of likely N-dealkylation sites (N-methyl/N-ethyl adjacent to an activating group) is 1. The van der Waals surface area contributed by atoms with E-state index >= 15 is 0 Å². The molecule has 6 heteroatoms. The Labute approximate surface area is 106 Å². The number of aryl methyl sites for hydroxylation is 1. The molecule has 0 aliphatic carbocycles. The Bertz CT molecular complexity index is 423. The number of hydrogen-bond donors (Lipinski definition) is 2. The van der Waals surface area contributed by atoms with Gasteiger partial charge < -0.3 is 19.8 Å². The Morgan fingerprint density at radius 2 is 2.28 bits per heavy atom. The van der Waals surface area contributed by atoms with Crippen LogP contribution in [0.25, 0.3) is 0 Å². The summed E-state index contributed by atoms with van der Waals surface area (Å²) in [6.45, 7) is 2.28. The van der Waals surface area contributed by atoms with Crippen molar-refractivity contribution in [2.45, 2.75) is 13.0 Å². The van der Waals surface area contributed by atoms with Crippen LogP contribution in [0.3, 0.4) is 0 Å². The number of methoxy groups -OCH3 is 1. The molecule has 100 valence electrons. The fraction of sp³-hybridized carbons (Fsp3) is 0.500. The first-order chi connectivity index (χ1) is 8.45. The highest BCUT2D eigenvalue weighted by Gasteiger charge is 2.16. The number of anilines is 1. The third-order valence-corrected chi connectivity index (χ3v) is 2.50. The number of nitrogens with zero attached hydrogens (tertiary/aromatic N) is 2. The van der Waals surface area contributed by atoms with Gasteiger partial charge in [-0.25, -0.2) is 4.79 Å². The fourth-order valence-corrected chi connectivity index (χ4v) is 1.69. The summed E-state index contributed by atoms with van der Waals surface area (Å²) in [6.07, 6.45) is 0.654. The molecular weight excluding hydrogens is 236 g/mol. The summed E-state index contributed by atoms with van der Waals surface area (Å²) in [6, 6.07) is 1.68. The standard InChI is InChI=1S/C12H18N2O4/c1-8-4-11(10(5-13-8)12(16)17)14(2)6-9(15)7-18-3/h4-5,9,15H,6-7H2,1-3H3,(H,16,17). The second kappa shape index (κ2) is 6.32. The average molecular weight is 254 g/mol. The van der Waals surface area contributed by atoms with E-state index in [1.165, 1.54) is 13.3 Å². The Hall–Kier alpha value is -1.66. The van der Waals surface area contributed by atoms with Crippen LogP contribution in [-0.2, 0) is 4.74 Å². The van der Waals surface area contributed by atoms with Crippen LogP contribution in [0.2, 0.25) is 0 Å². The number of aliphatic hydroxyl groups excluding tert-OH is 1. The molecule has 0 aromatic carbocycles. The predicted molar refractivity (Wildman–Crippen MR) is 67.1 cm³/mol. The summed E-state index contributed by atoms with van der Waals surface area (Å²) in [5.74, 6) is -1.04. The molecule has 1 heterocycles. The van der Waals surface area contributed by atoms with Crippen molar-refractivity contribution >= 4 is 11.7 Å². The van der Waals surface area contributed by atoms with Crippen molar-refractivity contribution in [2.24, 2.45) is 0 Å². The van der Waals surface area contributed by atoms with Crippen molar-refractivity contribution in [3.8, 4) is 0 Å². The zero-order valence-electron chi connectivity index (χ0n) is 10.8. The molecule has 1 aromatic rings. The summed E-state index contributed by atoms with van der Waals surface area (Å²) in [7, 11) is 3.22. The van der Waals surface area contributed by atoms with Gasteiger partial charge in [0.25, 0.3) is 0 Å². The van der Waals surface area contributed by atoms with E-state index in [9.17, 15) is 9.90 Å². The lowest BCUT2D eigenvalue weighted by atomic mass is 10.2. The number of carboxylic acids is 1. The van der Waals surface area contributed by atoms with E-state index < -0.39 is 12.1 Å². The number of carbonyl (C=O) groups is 1. The van der Waals surface area contributed by atoms with Crippen molar-refractivity contribution < 1.29 is 19.7 Å². The Kier molecular flexibility index (Phi) is 5.06. The topological polar surface area (TPSA) is 82.9 Å². The molecule has 0 amide bonds. The molecule has 0 saturated heterocycles. The van der Waals surface area contributed by atoms with E-state index in [4.69, 9.17) is 9.84 Å². The molecule has 18 heavy (non-hydrogen) atoms. The molecule has 2 N–H and O–H groups in total. The van der Waals surface area contributed by atoms with Crippen LogP contribution in [0.1, 0.15) is 16.1 Å². The number of carboxylic acid groups (broad SMARTS) is 1. The second-order valence-electron chi connectivity index (χ2n) is 4.14. The molecule has 1 atom stereocenters. The Balaban J connectivity index is 2.93. The minimum Gasteiger partial charge on any atom is -0.478 e. The van der Waals surface area contributed by atoms with E-state index in [0.29, 0.717) is 5.69 Å². The van der Waals surface area contributed by atoms with Crippen LogP contribution >= 0.6 is 0 Å². The summed E-state index contributed by atoms with van der Waals surface area (Å²) in [5, 5.41) is 18.7. The van der Waals surface area contributed by atoms with E-state index in [1.807, 2.05) is 0 Å². The molecule has 0 radical (unpaired) electrons. The summed E-state index contributed by atoms with van der Waals surface area (Å²) in [5.41, 5.74) is 1.38. The third-order valence-electron chi connectivity index (χ3n) is 2.50. The molecule has 1 rings (SSSR count). The van der Waals surface area contributed by atoms with Crippen molar-refractivity contribution in [1.29, 1.82) is 0 Å². The first-order valence-corrected chi connectivity index (χ1v) is 5.53. The van der Waals surface area contributed by atoms with E-state index in [2.05, 4.69) is 4.98 Å². The van der Waals surface area contributed by atoms with Crippen molar-refractivity contribution in [2.75, 3.05) is 32.2 Å². The SMILES string of the molecule is COCC(O)CN(C)c1cc(C)ncc1C(=O)O. The Morgan fingerprint density at radius 3 is 2.83 bits per heavy atom. The number of rotatable bonds is 6. The lowest BCUT2D eigenvalue weighted by Gasteiger charge is -2.24. The number of aromatic carboxylic acids is 1. The molecule has 0 bridgehead atoms. The summed E-state index contributed by atoms with van der Waals surface area (Å²) in [4.78, 5) is 16.7. The highest BCUT2D eigenvalue weighted by Crippen LogP contribution is 2.20. The molecule has 0 spiro atoms. The monoisotopic (exact) mass is 254 g/mol. The fourth-order valence-electron chi connectivity index (χ4n) is 1.69. The van der Waals surface area contributed by atoms with Gasteiger partial charge >= 0.3 is 5.97 Å².